The molecule has 0 aromatic heterocycles. The first-order valence-electron chi connectivity index (χ1n) is 9.76. The molecule has 0 aromatic carbocycles. The lowest BCUT2D eigenvalue weighted by Gasteiger charge is -2.32. The van der Waals surface area contributed by atoms with Crippen molar-refractivity contribution >= 4 is 14.2 Å². The first-order valence-corrected chi connectivity index (χ1v) is 9.76. The number of hydrogen-bond donors (Lipinski definition) is 0. The summed E-state index contributed by atoms with van der Waals surface area (Å²) in [7, 11) is 0.542. The summed E-state index contributed by atoms with van der Waals surface area (Å²) < 4.78 is 36.0. The fourth-order valence-electron chi connectivity index (χ4n) is 2.86. The lowest BCUT2D eigenvalue weighted by atomic mass is 9.57. The van der Waals surface area contributed by atoms with Crippen LogP contribution in [0.5, 0.6) is 0 Å². The molecule has 27 heavy (non-hydrogen) atoms. The van der Waals surface area contributed by atoms with Crippen LogP contribution < -0.4 is 0 Å². The topological polar surface area (TPSA) is 55.4 Å². The normalized spacial score (nSPS) is 26.3. The molecular weight excluding hydrogens is 346 g/mol. The molecule has 8 heteroatoms. The van der Waals surface area contributed by atoms with E-state index in [-0.39, 0.29) is 6.10 Å². The molecule has 0 bridgehead atoms. The molecule has 6 nitrogen and oxygen atoms in total. The molecule has 0 aromatic rings. The van der Waals surface area contributed by atoms with E-state index in [9.17, 15) is 0 Å². The van der Waals surface area contributed by atoms with Gasteiger partial charge in [0.1, 0.15) is 0 Å². The third-order valence-electron chi connectivity index (χ3n) is 6.15. The van der Waals surface area contributed by atoms with E-state index in [4.69, 9.17) is 28.1 Å². The Morgan fingerprint density at radius 1 is 0.778 bits per heavy atom. The smallest absolute Gasteiger partial charge is 0.400 e. The molecule has 0 N–H and O–H groups in total. The fraction of sp³-hybridized carbons (Fsp3) is 0.895. The second-order valence-electron chi connectivity index (χ2n) is 9.41. The van der Waals surface area contributed by atoms with E-state index in [0.29, 0.717) is 13.2 Å². The van der Waals surface area contributed by atoms with E-state index < -0.39 is 36.6 Å². The maximum absolute atomic E-state index is 6.27. The van der Waals surface area contributed by atoms with Crippen LogP contribution >= 0.6 is 0 Å². The monoisotopic (exact) mass is 382 g/mol. The van der Waals surface area contributed by atoms with Crippen molar-refractivity contribution in [1.29, 1.82) is 0 Å². The van der Waals surface area contributed by atoms with E-state index in [1.165, 1.54) is 0 Å². The molecule has 0 saturated carbocycles. The summed E-state index contributed by atoms with van der Waals surface area (Å²) in [6.45, 7) is 19.3. The predicted octanol–water partition coefficient (Wildman–Crippen LogP) is 3.23. The zero-order valence-electron chi connectivity index (χ0n) is 18.7. The zero-order chi connectivity index (χ0) is 20.7. The van der Waals surface area contributed by atoms with Crippen molar-refractivity contribution in [2.24, 2.45) is 0 Å². The van der Waals surface area contributed by atoms with Crippen LogP contribution in [0.15, 0.2) is 11.4 Å². The second-order valence-corrected chi connectivity index (χ2v) is 9.41. The molecule has 1 atom stereocenters. The van der Waals surface area contributed by atoms with Gasteiger partial charge in [-0.3, -0.25) is 0 Å². The number of methoxy groups -OCH3 is 1. The van der Waals surface area contributed by atoms with Gasteiger partial charge in [0.05, 0.1) is 41.7 Å². The number of rotatable bonds is 7. The standard InChI is InChI=1S/C19H36B2O6/c1-14(23-12-11-22-10)13-15(20-24-16(2,3)17(4,5)25-20)21-26-18(6,7)19(8,9)27-21/h13-14H,11-12H2,1-10H3. The van der Waals surface area contributed by atoms with Crippen molar-refractivity contribution in [3.8, 4) is 0 Å². The molecule has 2 fully saturated rings. The molecule has 0 amide bonds. The van der Waals surface area contributed by atoms with Crippen LogP contribution in [0.1, 0.15) is 62.3 Å². The van der Waals surface area contributed by atoms with E-state index in [0.717, 1.165) is 5.37 Å². The summed E-state index contributed by atoms with van der Waals surface area (Å²) in [4.78, 5) is 0. The minimum Gasteiger partial charge on any atom is -0.400 e. The molecule has 1 unspecified atom stereocenters. The number of ether oxygens (including phenoxy) is 2. The molecule has 2 aliphatic heterocycles. The average Bonchev–Trinajstić information content (AvgIpc) is 2.84. The van der Waals surface area contributed by atoms with Crippen LogP contribution in [0.2, 0.25) is 0 Å². The molecule has 2 heterocycles. The summed E-state index contributed by atoms with van der Waals surface area (Å²) in [5.74, 6) is 0. The van der Waals surface area contributed by atoms with E-state index >= 15 is 0 Å². The third kappa shape index (κ3) is 4.80. The summed E-state index contributed by atoms with van der Waals surface area (Å²) in [6.07, 6.45) is 1.83. The van der Waals surface area contributed by atoms with Crippen molar-refractivity contribution in [2.75, 3.05) is 20.3 Å². The number of hydrogen-bond acceptors (Lipinski definition) is 6. The molecule has 154 valence electrons. The Morgan fingerprint density at radius 3 is 1.48 bits per heavy atom. The Kier molecular flexibility index (Phi) is 6.62. The molecule has 2 aliphatic rings. The molecular formula is C19H36B2O6. The zero-order valence-corrected chi connectivity index (χ0v) is 18.7. The highest BCUT2D eigenvalue weighted by Crippen LogP contribution is 2.43. The fourth-order valence-corrected chi connectivity index (χ4v) is 2.86. The van der Waals surface area contributed by atoms with Gasteiger partial charge in [-0.15, -0.1) is 0 Å². The lowest BCUT2D eigenvalue weighted by Crippen LogP contribution is -2.41. The summed E-state index contributed by atoms with van der Waals surface area (Å²) in [6, 6.07) is 0. The Hall–Kier alpha value is -0.370. The Labute approximate surface area is 165 Å². The van der Waals surface area contributed by atoms with Crippen molar-refractivity contribution in [3.05, 3.63) is 11.4 Å². The van der Waals surface area contributed by atoms with Crippen LogP contribution in [0.4, 0.5) is 0 Å². The Morgan fingerprint density at radius 2 is 1.15 bits per heavy atom. The van der Waals surface area contributed by atoms with Crippen LogP contribution in [0, 0.1) is 0 Å². The summed E-state index contributed by atoms with van der Waals surface area (Å²) in [5, 5.41) is 0.803. The minimum absolute atomic E-state index is 0.159. The lowest BCUT2D eigenvalue weighted by molar-refractivity contribution is 0.00578. The van der Waals surface area contributed by atoms with E-state index in [1.807, 2.05) is 68.4 Å². The maximum Gasteiger partial charge on any atom is 0.486 e. The highest BCUT2D eigenvalue weighted by atomic mass is 16.7. The van der Waals surface area contributed by atoms with Gasteiger partial charge in [0.25, 0.3) is 0 Å². The summed E-state index contributed by atoms with van der Waals surface area (Å²) >= 11 is 0. The van der Waals surface area contributed by atoms with Gasteiger partial charge in [-0.25, -0.2) is 0 Å². The SMILES string of the molecule is COCCOC(C)C=C(B1OC(C)(C)C(C)(C)O1)B1OC(C)(C)C(C)(C)O1. The van der Waals surface area contributed by atoms with Crippen LogP contribution in [-0.2, 0) is 28.1 Å². The van der Waals surface area contributed by atoms with Gasteiger partial charge in [-0.2, -0.15) is 0 Å². The second kappa shape index (κ2) is 7.81. The Bertz CT molecular complexity index is 488. The van der Waals surface area contributed by atoms with Gasteiger partial charge >= 0.3 is 14.2 Å². The van der Waals surface area contributed by atoms with Gasteiger partial charge in [0.2, 0.25) is 0 Å². The molecule has 2 rings (SSSR count). The third-order valence-corrected chi connectivity index (χ3v) is 6.15. The van der Waals surface area contributed by atoms with Crippen molar-refractivity contribution in [1.82, 2.24) is 0 Å². The molecule has 0 radical (unpaired) electrons. The largest absolute Gasteiger partial charge is 0.486 e. The quantitative estimate of drug-likeness (QED) is 0.498. The first kappa shape index (κ1) is 22.9. The van der Waals surface area contributed by atoms with Gasteiger partial charge < -0.3 is 28.1 Å². The first-order chi connectivity index (χ1) is 12.2. The molecule has 2 saturated heterocycles. The van der Waals surface area contributed by atoms with Gasteiger partial charge in [0.15, 0.2) is 0 Å². The van der Waals surface area contributed by atoms with Crippen LogP contribution in [0.3, 0.4) is 0 Å². The van der Waals surface area contributed by atoms with Crippen molar-refractivity contribution in [2.45, 2.75) is 90.8 Å². The van der Waals surface area contributed by atoms with Crippen molar-refractivity contribution in [3.63, 3.8) is 0 Å². The summed E-state index contributed by atoms with van der Waals surface area (Å²) in [5.41, 5.74) is -1.78. The van der Waals surface area contributed by atoms with Gasteiger partial charge in [-0.1, -0.05) is 6.08 Å². The average molecular weight is 382 g/mol. The minimum atomic E-state index is -0.557. The Balaban J connectivity index is 2.28. The molecule has 0 aliphatic carbocycles. The maximum atomic E-state index is 6.27. The van der Waals surface area contributed by atoms with Gasteiger partial charge in [-0.05, 0) is 67.7 Å². The van der Waals surface area contributed by atoms with Gasteiger partial charge in [0, 0.05) is 7.11 Å². The molecule has 0 spiro atoms. The van der Waals surface area contributed by atoms with Crippen molar-refractivity contribution < 1.29 is 28.1 Å². The van der Waals surface area contributed by atoms with Crippen LogP contribution in [-0.4, -0.2) is 63.1 Å². The predicted molar refractivity (Wildman–Crippen MR) is 108 cm³/mol. The highest BCUT2D eigenvalue weighted by Gasteiger charge is 2.59. The van der Waals surface area contributed by atoms with E-state index in [1.54, 1.807) is 7.11 Å². The van der Waals surface area contributed by atoms with E-state index in [2.05, 4.69) is 0 Å². The van der Waals surface area contributed by atoms with Crippen LogP contribution in [0.25, 0.3) is 0 Å². The highest BCUT2D eigenvalue weighted by molar-refractivity contribution is 6.78.